The van der Waals surface area contributed by atoms with Gasteiger partial charge in [-0.25, -0.2) is 4.79 Å². The SMILES string of the molecule is COC(=O)c1ccc(CSCC(=O)NC(C)c2ccc(Cl)cc2)cc1. The van der Waals surface area contributed by atoms with Gasteiger partial charge in [-0.15, -0.1) is 11.8 Å². The Labute approximate surface area is 156 Å². The van der Waals surface area contributed by atoms with E-state index in [-0.39, 0.29) is 17.9 Å². The first kappa shape index (κ1) is 19.3. The lowest BCUT2D eigenvalue weighted by molar-refractivity contribution is -0.119. The van der Waals surface area contributed by atoms with Crippen molar-refractivity contribution in [3.63, 3.8) is 0 Å². The van der Waals surface area contributed by atoms with Gasteiger partial charge in [-0.05, 0) is 42.3 Å². The number of halogens is 1. The monoisotopic (exact) mass is 377 g/mol. The average Bonchev–Trinajstić information content (AvgIpc) is 2.62. The maximum Gasteiger partial charge on any atom is 0.337 e. The highest BCUT2D eigenvalue weighted by Gasteiger charge is 2.10. The van der Waals surface area contributed by atoms with Crippen molar-refractivity contribution in [3.05, 3.63) is 70.2 Å². The maximum absolute atomic E-state index is 12.0. The first-order chi connectivity index (χ1) is 12.0. The van der Waals surface area contributed by atoms with Crippen molar-refractivity contribution in [3.8, 4) is 0 Å². The van der Waals surface area contributed by atoms with Crippen LogP contribution in [0.5, 0.6) is 0 Å². The van der Waals surface area contributed by atoms with Crippen molar-refractivity contribution in [2.24, 2.45) is 0 Å². The van der Waals surface area contributed by atoms with E-state index in [4.69, 9.17) is 11.6 Å². The van der Waals surface area contributed by atoms with Crippen LogP contribution in [0.1, 0.15) is 34.5 Å². The highest BCUT2D eigenvalue weighted by Crippen LogP contribution is 2.17. The Morgan fingerprint density at radius 2 is 1.76 bits per heavy atom. The molecule has 0 heterocycles. The zero-order valence-corrected chi connectivity index (χ0v) is 15.7. The van der Waals surface area contributed by atoms with Gasteiger partial charge in [0.05, 0.1) is 24.5 Å². The zero-order valence-electron chi connectivity index (χ0n) is 14.1. The fourth-order valence-corrected chi connectivity index (χ4v) is 3.16. The Balaban J connectivity index is 1.76. The molecule has 1 amide bonds. The van der Waals surface area contributed by atoms with Gasteiger partial charge in [0.25, 0.3) is 0 Å². The summed E-state index contributed by atoms with van der Waals surface area (Å²) in [4.78, 5) is 23.4. The molecule has 0 bridgehead atoms. The summed E-state index contributed by atoms with van der Waals surface area (Å²) in [7, 11) is 1.36. The summed E-state index contributed by atoms with van der Waals surface area (Å²) in [6.07, 6.45) is 0. The largest absolute Gasteiger partial charge is 0.465 e. The predicted molar refractivity (Wildman–Crippen MR) is 102 cm³/mol. The topological polar surface area (TPSA) is 55.4 Å². The van der Waals surface area contributed by atoms with E-state index < -0.39 is 0 Å². The number of rotatable bonds is 7. The molecule has 0 aliphatic rings. The van der Waals surface area contributed by atoms with Crippen LogP contribution in [-0.2, 0) is 15.3 Å². The number of hydrogen-bond acceptors (Lipinski definition) is 4. The van der Waals surface area contributed by atoms with E-state index in [9.17, 15) is 9.59 Å². The molecule has 1 N–H and O–H groups in total. The van der Waals surface area contributed by atoms with Crippen LogP contribution in [0.15, 0.2) is 48.5 Å². The van der Waals surface area contributed by atoms with Gasteiger partial charge in [0.2, 0.25) is 5.91 Å². The van der Waals surface area contributed by atoms with Crippen LogP contribution in [0, 0.1) is 0 Å². The molecule has 2 aromatic rings. The molecule has 2 rings (SSSR count). The number of amides is 1. The van der Waals surface area contributed by atoms with Crippen LogP contribution in [0.4, 0.5) is 0 Å². The van der Waals surface area contributed by atoms with Crippen molar-refractivity contribution in [1.82, 2.24) is 5.32 Å². The highest BCUT2D eigenvalue weighted by atomic mass is 35.5. The molecular formula is C19H20ClNO3S. The molecule has 0 saturated heterocycles. The van der Waals surface area contributed by atoms with Gasteiger partial charge in [-0.1, -0.05) is 35.9 Å². The normalized spacial score (nSPS) is 11.6. The number of nitrogens with one attached hydrogen (secondary N) is 1. The molecular weight excluding hydrogens is 358 g/mol. The summed E-state index contributed by atoms with van der Waals surface area (Å²) < 4.78 is 4.66. The van der Waals surface area contributed by atoms with Gasteiger partial charge in [0.1, 0.15) is 0 Å². The predicted octanol–water partition coefficient (Wildman–Crippen LogP) is 4.24. The van der Waals surface area contributed by atoms with Gasteiger partial charge in [-0.3, -0.25) is 4.79 Å². The fraction of sp³-hybridized carbons (Fsp3) is 0.263. The third kappa shape index (κ3) is 6.11. The molecule has 6 heteroatoms. The molecule has 0 aliphatic heterocycles. The van der Waals surface area contributed by atoms with E-state index in [1.165, 1.54) is 18.9 Å². The van der Waals surface area contributed by atoms with E-state index in [1.807, 2.05) is 43.3 Å². The van der Waals surface area contributed by atoms with Crippen LogP contribution in [0.25, 0.3) is 0 Å². The Hall–Kier alpha value is -1.98. The van der Waals surface area contributed by atoms with Crippen molar-refractivity contribution in [2.75, 3.05) is 12.9 Å². The van der Waals surface area contributed by atoms with Crippen molar-refractivity contribution >= 4 is 35.2 Å². The Morgan fingerprint density at radius 3 is 2.36 bits per heavy atom. The van der Waals surface area contributed by atoms with Crippen LogP contribution in [-0.4, -0.2) is 24.7 Å². The number of carbonyl (C=O) groups is 2. The summed E-state index contributed by atoms with van der Waals surface area (Å²) in [5, 5.41) is 3.65. The molecule has 25 heavy (non-hydrogen) atoms. The molecule has 0 aliphatic carbocycles. The van der Waals surface area contributed by atoms with Crippen molar-refractivity contribution < 1.29 is 14.3 Å². The third-order valence-corrected chi connectivity index (χ3v) is 4.88. The molecule has 1 unspecified atom stereocenters. The van der Waals surface area contributed by atoms with E-state index in [0.29, 0.717) is 22.1 Å². The number of hydrogen-bond donors (Lipinski definition) is 1. The van der Waals surface area contributed by atoms with Gasteiger partial charge in [0, 0.05) is 10.8 Å². The zero-order chi connectivity index (χ0) is 18.2. The summed E-state index contributed by atoms with van der Waals surface area (Å²) in [6.45, 7) is 1.94. The summed E-state index contributed by atoms with van der Waals surface area (Å²) in [5.74, 6) is 0.703. The first-order valence-electron chi connectivity index (χ1n) is 7.79. The minimum atomic E-state index is -0.352. The average molecular weight is 378 g/mol. The van der Waals surface area contributed by atoms with E-state index in [0.717, 1.165) is 11.1 Å². The Kier molecular flexibility index (Phi) is 7.34. The molecule has 0 saturated carbocycles. The van der Waals surface area contributed by atoms with Gasteiger partial charge < -0.3 is 10.1 Å². The molecule has 4 nitrogen and oxygen atoms in total. The molecule has 0 aromatic heterocycles. The number of esters is 1. The van der Waals surface area contributed by atoms with Gasteiger partial charge in [0.15, 0.2) is 0 Å². The van der Waals surface area contributed by atoms with Crippen molar-refractivity contribution in [1.29, 1.82) is 0 Å². The summed E-state index contributed by atoms with van der Waals surface area (Å²) in [5.41, 5.74) is 2.59. The lowest BCUT2D eigenvalue weighted by Gasteiger charge is -2.14. The number of methoxy groups -OCH3 is 1. The third-order valence-electron chi connectivity index (χ3n) is 3.62. The van der Waals surface area contributed by atoms with Crippen LogP contribution in [0.2, 0.25) is 5.02 Å². The minimum Gasteiger partial charge on any atom is -0.465 e. The lowest BCUT2D eigenvalue weighted by atomic mass is 10.1. The van der Waals surface area contributed by atoms with E-state index in [2.05, 4.69) is 10.1 Å². The molecule has 0 radical (unpaired) electrons. The summed E-state index contributed by atoms with van der Waals surface area (Å²) in [6, 6.07) is 14.6. The molecule has 1 atom stereocenters. The first-order valence-corrected chi connectivity index (χ1v) is 9.32. The minimum absolute atomic E-state index is 0.0152. The maximum atomic E-state index is 12.0. The lowest BCUT2D eigenvalue weighted by Crippen LogP contribution is -2.28. The number of benzene rings is 2. The van der Waals surface area contributed by atoms with Crippen molar-refractivity contribution in [2.45, 2.75) is 18.7 Å². The number of thioether (sulfide) groups is 1. The molecule has 132 valence electrons. The summed E-state index contributed by atoms with van der Waals surface area (Å²) >= 11 is 7.39. The highest BCUT2D eigenvalue weighted by molar-refractivity contribution is 7.99. The van der Waals surface area contributed by atoms with E-state index >= 15 is 0 Å². The standard InChI is InChI=1S/C19H20ClNO3S/c1-13(15-7-9-17(20)10-8-15)21-18(22)12-25-11-14-3-5-16(6-4-14)19(23)24-2/h3-10,13H,11-12H2,1-2H3,(H,21,22). The molecule has 0 spiro atoms. The van der Waals surface area contributed by atoms with E-state index in [1.54, 1.807) is 12.1 Å². The Morgan fingerprint density at radius 1 is 1.12 bits per heavy atom. The Bertz CT molecular complexity index is 716. The van der Waals surface area contributed by atoms with Crippen LogP contribution in [0.3, 0.4) is 0 Å². The second kappa shape index (κ2) is 9.49. The fourth-order valence-electron chi connectivity index (χ4n) is 2.23. The van der Waals surface area contributed by atoms with Gasteiger partial charge in [-0.2, -0.15) is 0 Å². The smallest absolute Gasteiger partial charge is 0.337 e. The molecule has 2 aromatic carbocycles. The molecule has 0 fully saturated rings. The van der Waals surface area contributed by atoms with Crippen LogP contribution < -0.4 is 5.32 Å². The number of ether oxygens (including phenoxy) is 1. The second-order valence-electron chi connectivity index (χ2n) is 5.52. The second-order valence-corrected chi connectivity index (χ2v) is 6.94. The van der Waals surface area contributed by atoms with Gasteiger partial charge >= 0.3 is 5.97 Å². The van der Waals surface area contributed by atoms with Crippen LogP contribution >= 0.6 is 23.4 Å². The number of carbonyl (C=O) groups excluding carboxylic acids is 2. The quantitative estimate of drug-likeness (QED) is 0.733.